The zero-order chi connectivity index (χ0) is 14.7. The van der Waals surface area contributed by atoms with Crippen molar-refractivity contribution in [2.75, 3.05) is 18.4 Å². The maximum atomic E-state index is 12.0. The highest BCUT2D eigenvalue weighted by Gasteiger charge is 2.30. The third kappa shape index (κ3) is 3.07. The average molecular weight is 276 g/mol. The highest BCUT2D eigenvalue weighted by Crippen LogP contribution is 2.43. The Kier molecular flexibility index (Phi) is 4.22. The first kappa shape index (κ1) is 14.3. The van der Waals surface area contributed by atoms with E-state index in [4.69, 9.17) is 0 Å². The zero-order valence-corrected chi connectivity index (χ0v) is 11.9. The summed E-state index contributed by atoms with van der Waals surface area (Å²) in [4.78, 5) is 25.0. The van der Waals surface area contributed by atoms with E-state index < -0.39 is 0 Å². The number of nitrogens with one attached hydrogen (secondary N) is 1. The normalized spacial score (nSPS) is 13.9. The third-order valence-corrected chi connectivity index (χ3v) is 3.43. The summed E-state index contributed by atoms with van der Waals surface area (Å²) in [5, 5.41) is 7.03. The number of aryl methyl sites for hydroxylation is 1. The highest BCUT2D eigenvalue weighted by atomic mass is 16.2. The van der Waals surface area contributed by atoms with Gasteiger partial charge in [0.15, 0.2) is 0 Å². The van der Waals surface area contributed by atoms with Gasteiger partial charge in [-0.2, -0.15) is 5.10 Å². The Labute approximate surface area is 118 Å². The van der Waals surface area contributed by atoms with Crippen LogP contribution in [0.25, 0.3) is 0 Å². The Hall–Kier alpha value is -2.11. The number of likely N-dealkylation sites (N-methyl/N-ethyl adjacent to an activating group) is 1. The number of anilines is 1. The molecule has 1 saturated carbocycles. The van der Waals surface area contributed by atoms with Crippen molar-refractivity contribution >= 4 is 17.5 Å². The average Bonchev–Trinajstić information content (AvgIpc) is 3.20. The molecule has 2 rings (SSSR count). The summed E-state index contributed by atoms with van der Waals surface area (Å²) in [7, 11) is 1.88. The van der Waals surface area contributed by atoms with Crippen molar-refractivity contribution in [3.63, 3.8) is 0 Å². The first-order valence-electron chi connectivity index (χ1n) is 6.79. The van der Waals surface area contributed by atoms with Crippen LogP contribution in [0.1, 0.15) is 31.4 Å². The summed E-state index contributed by atoms with van der Waals surface area (Å²) >= 11 is 0. The number of nitrogens with zero attached hydrogens (tertiary/aromatic N) is 3. The summed E-state index contributed by atoms with van der Waals surface area (Å²) in [6.07, 6.45) is 5.16. The lowest BCUT2D eigenvalue weighted by Gasteiger charge is -2.18. The van der Waals surface area contributed by atoms with Crippen LogP contribution in [0.5, 0.6) is 0 Å². The molecule has 1 aliphatic carbocycles. The standard InChI is InChI=1S/C14H20N4O2/c1-4-13(20)18(5-2)9-12(19)16-11-8-15-17(3)14(11)10-6-7-10/h4,8,10H,1,5-7,9H2,2-3H3,(H,16,19). The summed E-state index contributed by atoms with van der Waals surface area (Å²) in [6.45, 7) is 5.76. The minimum Gasteiger partial charge on any atom is -0.330 e. The fourth-order valence-corrected chi connectivity index (χ4v) is 2.22. The van der Waals surface area contributed by atoms with Gasteiger partial charge in [-0.25, -0.2) is 0 Å². The molecule has 1 aromatic rings. The maximum absolute atomic E-state index is 12.0. The van der Waals surface area contributed by atoms with Gasteiger partial charge in [0.1, 0.15) is 6.54 Å². The van der Waals surface area contributed by atoms with Gasteiger partial charge in [-0.3, -0.25) is 14.3 Å². The first-order chi connectivity index (χ1) is 9.56. The van der Waals surface area contributed by atoms with E-state index in [2.05, 4.69) is 17.0 Å². The smallest absolute Gasteiger partial charge is 0.246 e. The number of aromatic nitrogens is 2. The lowest BCUT2D eigenvalue weighted by molar-refractivity contribution is -0.130. The molecule has 1 N–H and O–H groups in total. The van der Waals surface area contributed by atoms with E-state index in [1.54, 1.807) is 10.9 Å². The number of hydrogen-bond donors (Lipinski definition) is 1. The second-order valence-corrected chi connectivity index (χ2v) is 4.95. The van der Waals surface area contributed by atoms with E-state index >= 15 is 0 Å². The molecule has 0 bridgehead atoms. The molecular weight excluding hydrogens is 256 g/mol. The van der Waals surface area contributed by atoms with E-state index in [1.165, 1.54) is 11.0 Å². The molecule has 0 radical (unpaired) electrons. The van der Waals surface area contributed by atoms with Crippen LogP contribution in [0.2, 0.25) is 0 Å². The quantitative estimate of drug-likeness (QED) is 0.796. The van der Waals surface area contributed by atoms with E-state index in [1.807, 2.05) is 14.0 Å². The van der Waals surface area contributed by atoms with Crippen LogP contribution in [0.15, 0.2) is 18.9 Å². The van der Waals surface area contributed by atoms with Crippen LogP contribution < -0.4 is 5.32 Å². The van der Waals surface area contributed by atoms with Crippen molar-refractivity contribution < 1.29 is 9.59 Å². The van der Waals surface area contributed by atoms with Crippen molar-refractivity contribution in [2.24, 2.45) is 7.05 Å². The fraction of sp³-hybridized carbons (Fsp3) is 0.500. The number of rotatable bonds is 6. The second kappa shape index (κ2) is 5.90. The molecule has 20 heavy (non-hydrogen) atoms. The van der Waals surface area contributed by atoms with Gasteiger partial charge in [0.25, 0.3) is 0 Å². The molecule has 6 nitrogen and oxygen atoms in total. The van der Waals surface area contributed by atoms with Gasteiger partial charge in [0.05, 0.1) is 17.6 Å². The van der Waals surface area contributed by atoms with E-state index in [-0.39, 0.29) is 18.4 Å². The molecule has 1 aliphatic rings. The van der Waals surface area contributed by atoms with Crippen molar-refractivity contribution in [3.8, 4) is 0 Å². The monoisotopic (exact) mass is 276 g/mol. The predicted octanol–water partition coefficient (Wildman–Crippen LogP) is 1.27. The van der Waals surface area contributed by atoms with Crippen LogP contribution in [-0.4, -0.2) is 39.6 Å². The molecule has 0 atom stereocenters. The Morgan fingerprint density at radius 2 is 2.30 bits per heavy atom. The number of carbonyl (C=O) groups excluding carboxylic acids is 2. The Morgan fingerprint density at radius 3 is 2.85 bits per heavy atom. The van der Waals surface area contributed by atoms with Crippen LogP contribution in [0, 0.1) is 0 Å². The molecule has 0 unspecified atom stereocenters. The second-order valence-electron chi connectivity index (χ2n) is 4.95. The minimum absolute atomic E-state index is 0.0281. The Balaban J connectivity index is 2.01. The molecule has 108 valence electrons. The van der Waals surface area contributed by atoms with Gasteiger partial charge >= 0.3 is 0 Å². The summed E-state index contributed by atoms with van der Waals surface area (Å²) in [5.41, 5.74) is 1.82. The molecule has 6 heteroatoms. The topological polar surface area (TPSA) is 67.2 Å². The molecule has 0 saturated heterocycles. The van der Waals surface area contributed by atoms with Crippen LogP contribution >= 0.6 is 0 Å². The zero-order valence-electron chi connectivity index (χ0n) is 11.9. The van der Waals surface area contributed by atoms with Crippen molar-refractivity contribution in [1.29, 1.82) is 0 Å². The maximum Gasteiger partial charge on any atom is 0.246 e. The van der Waals surface area contributed by atoms with E-state index in [9.17, 15) is 9.59 Å². The van der Waals surface area contributed by atoms with Crippen molar-refractivity contribution in [1.82, 2.24) is 14.7 Å². The van der Waals surface area contributed by atoms with Gasteiger partial charge < -0.3 is 10.2 Å². The van der Waals surface area contributed by atoms with Crippen LogP contribution in [0.3, 0.4) is 0 Å². The number of carbonyl (C=O) groups is 2. The highest BCUT2D eigenvalue weighted by molar-refractivity contribution is 5.96. The van der Waals surface area contributed by atoms with E-state index in [0.717, 1.165) is 24.2 Å². The molecule has 1 fully saturated rings. The lowest BCUT2D eigenvalue weighted by atomic mass is 10.2. The molecule has 0 aromatic carbocycles. The molecule has 2 amide bonds. The third-order valence-electron chi connectivity index (χ3n) is 3.43. The van der Waals surface area contributed by atoms with Gasteiger partial charge in [-0.15, -0.1) is 0 Å². The van der Waals surface area contributed by atoms with Gasteiger partial charge in [-0.1, -0.05) is 6.58 Å². The molecule has 0 spiro atoms. The molecule has 1 heterocycles. The van der Waals surface area contributed by atoms with Gasteiger partial charge in [0, 0.05) is 19.5 Å². The van der Waals surface area contributed by atoms with Gasteiger partial charge in [-0.05, 0) is 25.8 Å². The lowest BCUT2D eigenvalue weighted by Crippen LogP contribution is -2.36. The SMILES string of the molecule is C=CC(=O)N(CC)CC(=O)Nc1cnn(C)c1C1CC1. The molecule has 1 aromatic heterocycles. The summed E-state index contributed by atoms with van der Waals surface area (Å²) in [5.74, 6) is 0.0445. The number of hydrogen-bond acceptors (Lipinski definition) is 3. The molecular formula is C14H20N4O2. The van der Waals surface area contributed by atoms with Crippen LogP contribution in [0.4, 0.5) is 5.69 Å². The number of amides is 2. The summed E-state index contributed by atoms with van der Waals surface area (Å²) in [6, 6.07) is 0. The van der Waals surface area contributed by atoms with E-state index in [0.29, 0.717) is 12.5 Å². The largest absolute Gasteiger partial charge is 0.330 e. The Morgan fingerprint density at radius 1 is 1.60 bits per heavy atom. The molecule has 0 aliphatic heterocycles. The minimum atomic E-state index is -0.240. The fourth-order valence-electron chi connectivity index (χ4n) is 2.22. The predicted molar refractivity (Wildman–Crippen MR) is 76.3 cm³/mol. The summed E-state index contributed by atoms with van der Waals surface area (Å²) < 4.78 is 1.81. The first-order valence-corrected chi connectivity index (χ1v) is 6.79. The van der Waals surface area contributed by atoms with Gasteiger partial charge in [0.2, 0.25) is 11.8 Å². The van der Waals surface area contributed by atoms with Crippen molar-refractivity contribution in [2.45, 2.75) is 25.7 Å². The Bertz CT molecular complexity index is 531. The van der Waals surface area contributed by atoms with Crippen LogP contribution in [-0.2, 0) is 16.6 Å². The van der Waals surface area contributed by atoms with Crippen molar-refractivity contribution in [3.05, 3.63) is 24.5 Å².